The molecule has 0 bridgehead atoms. The molecule has 0 saturated carbocycles. The molecule has 2 atom stereocenters. The van der Waals surface area contributed by atoms with Crippen LogP contribution in [-0.4, -0.2) is 98.2 Å². The van der Waals surface area contributed by atoms with Crippen LogP contribution in [-0.2, 0) is 32.1 Å². The minimum atomic E-state index is -0.858. The molecule has 1 unspecified atom stereocenters. The SMILES string of the molecule is COC.COc1ccc(CCN2C[C@@H]3N(C(=O)NCc4ccc(F)cc4)CNCC(=O)N3C(CCC(C)=O)C2=O)cc1. The topological polar surface area (TPSA) is 121 Å². The van der Waals surface area contributed by atoms with Crippen molar-refractivity contribution in [2.75, 3.05) is 47.6 Å². The van der Waals surface area contributed by atoms with Crippen molar-refractivity contribution in [1.29, 1.82) is 0 Å². The van der Waals surface area contributed by atoms with E-state index >= 15 is 0 Å². The molecule has 2 heterocycles. The average molecular weight is 586 g/mol. The van der Waals surface area contributed by atoms with Gasteiger partial charge in [-0.15, -0.1) is 0 Å². The fourth-order valence-electron chi connectivity index (χ4n) is 4.93. The molecule has 228 valence electrons. The van der Waals surface area contributed by atoms with E-state index in [0.717, 1.165) is 16.9 Å². The maximum atomic E-state index is 13.6. The van der Waals surface area contributed by atoms with Gasteiger partial charge in [-0.2, -0.15) is 0 Å². The number of halogens is 1. The number of rotatable bonds is 9. The molecule has 2 aliphatic rings. The fourth-order valence-corrected chi connectivity index (χ4v) is 4.93. The van der Waals surface area contributed by atoms with Gasteiger partial charge in [0.2, 0.25) is 11.8 Å². The van der Waals surface area contributed by atoms with Crippen LogP contribution in [0.3, 0.4) is 0 Å². The molecule has 2 N–H and O–H groups in total. The summed E-state index contributed by atoms with van der Waals surface area (Å²) in [4.78, 5) is 56.6. The van der Waals surface area contributed by atoms with Gasteiger partial charge >= 0.3 is 6.03 Å². The van der Waals surface area contributed by atoms with Gasteiger partial charge in [-0.1, -0.05) is 24.3 Å². The Bertz CT molecular complexity index is 1210. The molecule has 0 spiro atoms. The molecular weight excluding hydrogens is 545 g/mol. The van der Waals surface area contributed by atoms with E-state index in [9.17, 15) is 23.6 Å². The number of amides is 4. The number of methoxy groups -OCH3 is 2. The van der Waals surface area contributed by atoms with E-state index < -0.39 is 18.2 Å². The van der Waals surface area contributed by atoms with Gasteiger partial charge in [-0.25, -0.2) is 9.18 Å². The number of piperazine rings is 1. The number of ether oxygens (including phenoxy) is 2. The van der Waals surface area contributed by atoms with Gasteiger partial charge in [0.15, 0.2) is 0 Å². The van der Waals surface area contributed by atoms with Crippen LogP contribution in [0.15, 0.2) is 48.5 Å². The molecule has 2 saturated heterocycles. The summed E-state index contributed by atoms with van der Waals surface area (Å²) in [6, 6.07) is 12.1. The summed E-state index contributed by atoms with van der Waals surface area (Å²) < 4.78 is 22.7. The first-order chi connectivity index (χ1) is 20.2. The summed E-state index contributed by atoms with van der Waals surface area (Å²) in [6.45, 7) is 2.22. The smallest absolute Gasteiger partial charge is 0.320 e. The zero-order chi connectivity index (χ0) is 30.6. The molecule has 2 aliphatic heterocycles. The second-order valence-corrected chi connectivity index (χ2v) is 10.2. The number of urea groups is 1. The minimum absolute atomic E-state index is 0.0338. The van der Waals surface area contributed by atoms with E-state index in [1.54, 1.807) is 38.4 Å². The molecule has 4 rings (SSSR count). The van der Waals surface area contributed by atoms with Crippen LogP contribution < -0.4 is 15.4 Å². The maximum absolute atomic E-state index is 13.6. The number of nitrogens with one attached hydrogen (secondary N) is 2. The van der Waals surface area contributed by atoms with Crippen molar-refractivity contribution >= 4 is 23.6 Å². The van der Waals surface area contributed by atoms with Gasteiger partial charge in [0, 0.05) is 33.7 Å². The molecule has 0 aromatic heterocycles. The van der Waals surface area contributed by atoms with Crippen LogP contribution in [0, 0.1) is 5.82 Å². The van der Waals surface area contributed by atoms with Gasteiger partial charge < -0.3 is 29.4 Å². The summed E-state index contributed by atoms with van der Waals surface area (Å²) in [6.07, 6.45) is 0.181. The van der Waals surface area contributed by atoms with E-state index in [-0.39, 0.29) is 62.6 Å². The first kappa shape index (κ1) is 32.5. The highest BCUT2D eigenvalue weighted by atomic mass is 19.1. The molecule has 4 amide bonds. The third kappa shape index (κ3) is 8.73. The Labute approximate surface area is 245 Å². The molecule has 0 radical (unpaired) electrons. The lowest BCUT2D eigenvalue weighted by Crippen LogP contribution is -2.69. The van der Waals surface area contributed by atoms with E-state index in [4.69, 9.17) is 4.74 Å². The van der Waals surface area contributed by atoms with Crippen LogP contribution in [0.5, 0.6) is 5.75 Å². The normalized spacial score (nSPS) is 18.5. The highest BCUT2D eigenvalue weighted by Gasteiger charge is 2.47. The number of benzene rings is 2. The predicted molar refractivity (Wildman–Crippen MR) is 154 cm³/mol. The Kier molecular flexibility index (Phi) is 12.2. The molecule has 2 fully saturated rings. The third-order valence-electron chi connectivity index (χ3n) is 7.06. The van der Waals surface area contributed by atoms with Gasteiger partial charge in [-0.05, 0) is 55.2 Å². The van der Waals surface area contributed by atoms with Crippen molar-refractivity contribution in [2.45, 2.75) is 44.9 Å². The molecule has 0 aliphatic carbocycles. The second kappa shape index (κ2) is 15.8. The summed E-state index contributed by atoms with van der Waals surface area (Å²) in [5.74, 6) is -0.244. The summed E-state index contributed by atoms with van der Waals surface area (Å²) in [7, 11) is 4.85. The van der Waals surface area contributed by atoms with Crippen molar-refractivity contribution in [3.63, 3.8) is 0 Å². The van der Waals surface area contributed by atoms with Crippen LogP contribution in [0.2, 0.25) is 0 Å². The van der Waals surface area contributed by atoms with Gasteiger partial charge in [0.05, 0.1) is 26.9 Å². The Balaban J connectivity index is 0.00000155. The molecule has 11 nitrogen and oxygen atoms in total. The summed E-state index contributed by atoms with van der Waals surface area (Å²) in [5, 5.41) is 5.83. The van der Waals surface area contributed by atoms with Crippen LogP contribution >= 0.6 is 0 Å². The number of fused-ring (bicyclic) bond motifs is 1. The van der Waals surface area contributed by atoms with Gasteiger partial charge in [0.1, 0.15) is 29.6 Å². The number of hydrogen-bond acceptors (Lipinski definition) is 7. The van der Waals surface area contributed by atoms with Gasteiger partial charge in [-0.3, -0.25) is 19.8 Å². The van der Waals surface area contributed by atoms with Crippen molar-refractivity contribution < 1.29 is 33.0 Å². The fraction of sp³-hybridized carbons (Fsp3) is 0.467. The Morgan fingerprint density at radius 2 is 1.67 bits per heavy atom. The zero-order valence-electron chi connectivity index (χ0n) is 24.6. The van der Waals surface area contributed by atoms with E-state index in [1.807, 2.05) is 24.3 Å². The molecule has 42 heavy (non-hydrogen) atoms. The second-order valence-electron chi connectivity index (χ2n) is 10.2. The van der Waals surface area contributed by atoms with Crippen LogP contribution in [0.1, 0.15) is 30.9 Å². The van der Waals surface area contributed by atoms with Crippen molar-refractivity contribution in [3.05, 3.63) is 65.5 Å². The number of nitrogens with zero attached hydrogens (tertiary/aromatic N) is 3. The highest BCUT2D eigenvalue weighted by molar-refractivity contribution is 5.91. The van der Waals surface area contributed by atoms with Crippen LogP contribution in [0.25, 0.3) is 0 Å². The van der Waals surface area contributed by atoms with Crippen LogP contribution in [0.4, 0.5) is 9.18 Å². The Hall–Kier alpha value is -4.03. The summed E-state index contributed by atoms with van der Waals surface area (Å²) in [5.41, 5.74) is 1.73. The van der Waals surface area contributed by atoms with Crippen molar-refractivity contribution in [1.82, 2.24) is 25.3 Å². The lowest BCUT2D eigenvalue weighted by atomic mass is 10.0. The standard InChI is InChI=1S/C28H34FN5O5.C2H6O/c1-19(35)3-12-24-27(37)32(14-13-20-6-10-23(39-2)11-7-20)17-25-33(18-30-16-26(36)34(24)25)28(38)31-15-21-4-8-22(29)9-5-21;1-3-2/h4-11,24-25,30H,3,12-18H2,1-2H3,(H,31,38);1-2H3/t24?,25-;/m1./s1. The van der Waals surface area contributed by atoms with E-state index in [1.165, 1.54) is 28.9 Å². The predicted octanol–water partition coefficient (Wildman–Crippen LogP) is 2.15. The number of Topliss-reactive ketones (excluding diaryl/α,β-unsaturated/α-hetero) is 1. The third-order valence-corrected chi connectivity index (χ3v) is 7.06. The van der Waals surface area contributed by atoms with E-state index in [0.29, 0.717) is 13.0 Å². The monoisotopic (exact) mass is 585 g/mol. The lowest BCUT2D eigenvalue weighted by molar-refractivity contribution is -0.160. The highest BCUT2D eigenvalue weighted by Crippen LogP contribution is 2.26. The average Bonchev–Trinajstić information content (AvgIpc) is 3.14. The number of ketones is 1. The quantitative estimate of drug-likeness (QED) is 0.463. The number of hydrogen-bond donors (Lipinski definition) is 2. The molecule has 12 heteroatoms. The molecular formula is C30H40FN5O6. The maximum Gasteiger partial charge on any atom is 0.320 e. The minimum Gasteiger partial charge on any atom is -0.497 e. The Morgan fingerprint density at radius 1 is 1.02 bits per heavy atom. The largest absolute Gasteiger partial charge is 0.497 e. The van der Waals surface area contributed by atoms with E-state index in [2.05, 4.69) is 15.4 Å². The molecule has 2 aromatic carbocycles. The summed E-state index contributed by atoms with van der Waals surface area (Å²) >= 11 is 0. The van der Waals surface area contributed by atoms with Crippen molar-refractivity contribution in [2.24, 2.45) is 0 Å². The molecule has 2 aromatic rings. The lowest BCUT2D eigenvalue weighted by Gasteiger charge is -2.48. The first-order valence-electron chi connectivity index (χ1n) is 13.8. The van der Waals surface area contributed by atoms with Gasteiger partial charge in [0.25, 0.3) is 0 Å². The zero-order valence-corrected chi connectivity index (χ0v) is 24.6. The Morgan fingerprint density at radius 3 is 2.29 bits per heavy atom. The number of carbonyl (C=O) groups is 4. The first-order valence-corrected chi connectivity index (χ1v) is 13.8. The number of carbonyl (C=O) groups excluding carboxylic acids is 4. The van der Waals surface area contributed by atoms with Crippen molar-refractivity contribution in [3.8, 4) is 5.75 Å².